The first-order valence-electron chi connectivity index (χ1n) is 15.9. The van der Waals surface area contributed by atoms with E-state index in [4.69, 9.17) is 19.7 Å². The summed E-state index contributed by atoms with van der Waals surface area (Å²) >= 11 is 0. The lowest BCUT2D eigenvalue weighted by molar-refractivity contribution is 0.0364. The highest BCUT2D eigenvalue weighted by molar-refractivity contribution is 5.97. The smallest absolute Gasteiger partial charge is 0.408 e. The van der Waals surface area contributed by atoms with E-state index < -0.39 is 17.2 Å². The summed E-state index contributed by atoms with van der Waals surface area (Å²) in [4.78, 5) is 42.7. The number of nitrogens with one attached hydrogen (secondary N) is 1. The molecule has 2 aromatic heterocycles. The number of nitrogens with zero attached hydrogens (tertiary/aromatic N) is 5. The number of ether oxygens (including phenoxy) is 1. The van der Waals surface area contributed by atoms with Crippen LogP contribution in [0.2, 0.25) is 0 Å². The van der Waals surface area contributed by atoms with Gasteiger partial charge in [-0.2, -0.15) is 0 Å². The minimum absolute atomic E-state index is 0.0620. The lowest BCUT2D eigenvalue weighted by atomic mass is 9.76. The molecular weight excluding hydrogens is 552 g/mol. The van der Waals surface area contributed by atoms with Crippen LogP contribution in [0.5, 0.6) is 0 Å². The fraction of sp³-hybridized carbons (Fsp3) is 0.457. The summed E-state index contributed by atoms with van der Waals surface area (Å²) in [7, 11) is 1.92. The molecule has 2 aliphatic carbocycles. The molecule has 4 aromatic rings. The first-order valence-corrected chi connectivity index (χ1v) is 15.9. The third-order valence-corrected chi connectivity index (χ3v) is 10.2. The second-order valence-electron chi connectivity index (χ2n) is 14.0. The van der Waals surface area contributed by atoms with Crippen LogP contribution in [0.3, 0.4) is 0 Å². The number of alkyl carbamates (subject to hydrolysis) is 1. The predicted octanol–water partition coefficient (Wildman–Crippen LogP) is 6.78. The van der Waals surface area contributed by atoms with Crippen LogP contribution in [0, 0.1) is 0 Å². The Bertz CT molecular complexity index is 1810. The van der Waals surface area contributed by atoms with Gasteiger partial charge in [0.25, 0.3) is 5.91 Å². The van der Waals surface area contributed by atoms with Crippen molar-refractivity contribution in [2.24, 2.45) is 0 Å². The maximum absolute atomic E-state index is 13.7. The Hall–Kier alpha value is -4.27. The van der Waals surface area contributed by atoms with Crippen molar-refractivity contribution in [2.45, 2.75) is 94.9 Å². The highest BCUT2D eigenvalue weighted by Crippen LogP contribution is 2.51. The molecule has 0 spiro atoms. The first kappa shape index (κ1) is 27.3. The average molecular weight is 591 g/mol. The Morgan fingerprint density at radius 3 is 2.45 bits per heavy atom. The van der Waals surface area contributed by atoms with Crippen LogP contribution in [0.1, 0.15) is 117 Å². The van der Waals surface area contributed by atoms with Crippen molar-refractivity contribution < 1.29 is 14.3 Å². The van der Waals surface area contributed by atoms with E-state index in [9.17, 15) is 9.59 Å². The van der Waals surface area contributed by atoms with Gasteiger partial charge in [-0.15, -0.1) is 0 Å². The number of carbonyl (C=O) groups is 2. The number of hydrogen-bond donors (Lipinski definition) is 1. The second kappa shape index (κ2) is 9.61. The van der Waals surface area contributed by atoms with Crippen LogP contribution in [0.4, 0.5) is 4.79 Å². The van der Waals surface area contributed by atoms with Crippen LogP contribution in [-0.4, -0.2) is 49.1 Å². The van der Waals surface area contributed by atoms with E-state index in [2.05, 4.69) is 40.2 Å². The van der Waals surface area contributed by atoms with Crippen LogP contribution < -0.4 is 5.32 Å². The molecule has 2 aliphatic heterocycles. The molecule has 2 fully saturated rings. The lowest BCUT2D eigenvalue weighted by Gasteiger charge is -2.41. The molecule has 2 aromatic carbocycles. The van der Waals surface area contributed by atoms with E-state index in [1.165, 1.54) is 30.4 Å². The lowest BCUT2D eigenvalue weighted by Crippen LogP contribution is -2.53. The van der Waals surface area contributed by atoms with Crippen LogP contribution in [0.25, 0.3) is 22.2 Å². The standard InChI is InChI=1S/C35H38N6O3/c1-34(2,3)44-33(43)39-35(14-7-15-35)32-36-18-22(19-37-32)21-12-13-25-26(16-21)41-27-17-28(30(41)38-25)40(4)31(42)24-11-6-10-23(29(24)27)20-8-5-9-20/h6,10-13,16,18-20,27-28H,5,7-9,14-15,17H2,1-4H3,(H,39,43)/t27-,28-/m1/s1. The highest BCUT2D eigenvalue weighted by atomic mass is 16.6. The summed E-state index contributed by atoms with van der Waals surface area (Å²) in [5.41, 5.74) is 6.09. The molecule has 1 N–H and O–H groups in total. The fourth-order valence-electron chi connectivity index (χ4n) is 7.56. The van der Waals surface area contributed by atoms with Crippen LogP contribution in [-0.2, 0) is 10.3 Å². The molecule has 2 bridgehead atoms. The summed E-state index contributed by atoms with van der Waals surface area (Å²) in [5, 5.41) is 3.05. The van der Waals surface area contributed by atoms with Crippen molar-refractivity contribution in [3.8, 4) is 11.1 Å². The number of fused-ring (bicyclic) bond motifs is 9. The van der Waals surface area contributed by atoms with Gasteiger partial charge in [0.15, 0.2) is 5.82 Å². The maximum Gasteiger partial charge on any atom is 0.408 e. The second-order valence-corrected chi connectivity index (χ2v) is 14.0. The number of rotatable bonds is 4. The molecule has 4 aliphatic rings. The van der Waals surface area contributed by atoms with E-state index in [1.807, 2.05) is 51.2 Å². The Morgan fingerprint density at radius 1 is 1.02 bits per heavy atom. The first-order chi connectivity index (χ1) is 21.1. The molecule has 9 nitrogen and oxygen atoms in total. The normalized spacial score (nSPS) is 22.1. The molecule has 44 heavy (non-hydrogen) atoms. The molecule has 9 heteroatoms. The summed E-state index contributed by atoms with van der Waals surface area (Å²) < 4.78 is 7.91. The molecule has 8 rings (SSSR count). The van der Waals surface area contributed by atoms with Gasteiger partial charge >= 0.3 is 6.09 Å². The Balaban J connectivity index is 1.16. The van der Waals surface area contributed by atoms with E-state index in [0.29, 0.717) is 11.7 Å². The Kier molecular flexibility index (Phi) is 5.96. The highest BCUT2D eigenvalue weighted by Gasteiger charge is 2.46. The zero-order valence-electron chi connectivity index (χ0n) is 25.8. The summed E-state index contributed by atoms with van der Waals surface area (Å²) in [5.74, 6) is 2.19. The quantitative estimate of drug-likeness (QED) is 0.281. The minimum atomic E-state index is -0.595. The van der Waals surface area contributed by atoms with Gasteiger partial charge in [-0.25, -0.2) is 19.7 Å². The Morgan fingerprint density at radius 2 is 1.80 bits per heavy atom. The molecule has 2 saturated carbocycles. The summed E-state index contributed by atoms with van der Waals surface area (Å²) in [6, 6.07) is 12.6. The molecule has 2 atom stereocenters. The van der Waals surface area contributed by atoms with Crippen molar-refractivity contribution in [3.63, 3.8) is 0 Å². The van der Waals surface area contributed by atoms with Crippen molar-refractivity contribution in [1.82, 2.24) is 29.7 Å². The SMILES string of the molecule is CN1C(=O)c2cccc(C3CCC3)c2[C@H]2C[C@@H]1c1nc3ccc(-c4cnc(C5(NC(=O)OC(C)(C)C)CCC5)nc4)cc3n12. The summed E-state index contributed by atoms with van der Waals surface area (Å²) in [6.45, 7) is 5.57. The third kappa shape index (κ3) is 4.15. The van der Waals surface area contributed by atoms with Gasteiger partial charge in [0.2, 0.25) is 0 Å². The molecular formula is C35H38N6O3. The van der Waals surface area contributed by atoms with Crippen molar-refractivity contribution in [3.05, 3.63) is 77.1 Å². The molecule has 0 unspecified atom stereocenters. The Labute approximate surface area is 257 Å². The molecule has 2 amide bonds. The predicted molar refractivity (Wildman–Crippen MR) is 166 cm³/mol. The van der Waals surface area contributed by atoms with Crippen LogP contribution in [0.15, 0.2) is 48.8 Å². The van der Waals surface area contributed by atoms with Gasteiger partial charge in [-0.1, -0.05) is 24.6 Å². The zero-order valence-corrected chi connectivity index (χ0v) is 25.8. The monoisotopic (exact) mass is 590 g/mol. The number of hydrogen-bond acceptors (Lipinski definition) is 6. The third-order valence-electron chi connectivity index (χ3n) is 10.2. The number of carbonyl (C=O) groups excluding carboxylic acids is 2. The number of aromatic nitrogens is 4. The largest absolute Gasteiger partial charge is 0.444 e. The van der Waals surface area contributed by atoms with Crippen molar-refractivity contribution in [2.75, 3.05) is 7.05 Å². The molecule has 0 radical (unpaired) electrons. The van der Waals surface area contributed by atoms with E-state index >= 15 is 0 Å². The van der Waals surface area contributed by atoms with E-state index in [1.54, 1.807) is 0 Å². The zero-order chi connectivity index (χ0) is 30.4. The van der Waals surface area contributed by atoms with Gasteiger partial charge in [0.1, 0.15) is 17.0 Å². The van der Waals surface area contributed by atoms with Crippen molar-refractivity contribution >= 4 is 23.0 Å². The number of amides is 2. The van der Waals surface area contributed by atoms with Gasteiger partial charge in [0.05, 0.1) is 23.1 Å². The molecule has 0 saturated heterocycles. The minimum Gasteiger partial charge on any atom is -0.444 e. The topological polar surface area (TPSA) is 102 Å². The van der Waals surface area contributed by atoms with Gasteiger partial charge < -0.3 is 19.5 Å². The summed E-state index contributed by atoms with van der Waals surface area (Å²) in [6.07, 6.45) is 10.3. The van der Waals surface area contributed by atoms with Gasteiger partial charge in [0, 0.05) is 37.0 Å². The van der Waals surface area contributed by atoms with Gasteiger partial charge in [-0.3, -0.25) is 4.79 Å². The molecule has 4 heterocycles. The van der Waals surface area contributed by atoms with E-state index in [0.717, 1.165) is 59.2 Å². The molecule has 226 valence electrons. The average Bonchev–Trinajstić information content (AvgIpc) is 3.46. The fourth-order valence-corrected chi connectivity index (χ4v) is 7.56. The van der Waals surface area contributed by atoms with Crippen molar-refractivity contribution in [1.29, 1.82) is 0 Å². The van der Waals surface area contributed by atoms with Gasteiger partial charge in [-0.05, 0) is 93.7 Å². The van der Waals surface area contributed by atoms with E-state index in [-0.39, 0.29) is 18.0 Å². The number of imidazole rings is 1. The van der Waals surface area contributed by atoms with Crippen LogP contribution >= 0.6 is 0 Å². The number of benzene rings is 2. The maximum atomic E-state index is 13.7.